The Hall–Kier alpha value is -1.79. The molecule has 0 saturated heterocycles. The molecule has 1 amide bonds. The molecule has 0 aliphatic rings. The smallest absolute Gasteiger partial charge is 0.277 e. The lowest BCUT2D eigenvalue weighted by atomic mass is 10.2. The summed E-state index contributed by atoms with van der Waals surface area (Å²) in [4.78, 5) is 11.5. The van der Waals surface area contributed by atoms with E-state index in [0.29, 0.717) is 21.2 Å². The normalized spacial score (nSPS) is 10.8. The highest BCUT2D eigenvalue weighted by Crippen LogP contribution is 2.20. The summed E-state index contributed by atoms with van der Waals surface area (Å²) >= 11 is 9.08. The Kier molecular flexibility index (Phi) is 5.41. The van der Waals surface area contributed by atoms with E-state index < -0.39 is 0 Å². The lowest BCUT2D eigenvalue weighted by Crippen LogP contribution is -2.24. The van der Waals surface area contributed by atoms with E-state index in [9.17, 15) is 4.79 Å². The van der Waals surface area contributed by atoms with Gasteiger partial charge in [-0.05, 0) is 58.7 Å². The highest BCUT2D eigenvalue weighted by molar-refractivity contribution is 9.10. The van der Waals surface area contributed by atoms with Crippen LogP contribution in [0.5, 0.6) is 5.75 Å². The molecule has 0 aliphatic carbocycles. The molecule has 0 saturated carbocycles. The summed E-state index contributed by atoms with van der Waals surface area (Å²) in [6.45, 7) is 1.72. The molecule has 0 aliphatic heterocycles. The van der Waals surface area contributed by atoms with Gasteiger partial charge in [0, 0.05) is 5.02 Å². The number of halogens is 2. The molecule has 1 aromatic carbocycles. The summed E-state index contributed by atoms with van der Waals surface area (Å²) in [5.41, 5.74) is 3.23. The van der Waals surface area contributed by atoms with E-state index in [4.69, 9.17) is 20.8 Å². The van der Waals surface area contributed by atoms with Gasteiger partial charge in [-0.1, -0.05) is 11.6 Å². The van der Waals surface area contributed by atoms with Crippen molar-refractivity contribution in [3.63, 3.8) is 0 Å². The number of rotatable bonds is 5. The zero-order valence-electron chi connectivity index (χ0n) is 11.1. The number of hydrogen-bond acceptors (Lipinski definition) is 4. The van der Waals surface area contributed by atoms with Crippen molar-refractivity contribution in [1.82, 2.24) is 5.43 Å². The van der Waals surface area contributed by atoms with Gasteiger partial charge < -0.3 is 9.15 Å². The number of carbonyl (C=O) groups excluding carboxylic acids is 1. The SMILES string of the molecule is Cc1cc(OCC(=O)N/N=C\c2ccc(Br)o2)ccc1Cl. The monoisotopic (exact) mass is 370 g/mol. The van der Waals surface area contributed by atoms with Crippen LogP contribution >= 0.6 is 27.5 Å². The van der Waals surface area contributed by atoms with Crippen LogP contribution < -0.4 is 10.2 Å². The van der Waals surface area contributed by atoms with E-state index in [1.165, 1.54) is 6.21 Å². The molecule has 1 aromatic heterocycles. The summed E-state index contributed by atoms with van der Waals surface area (Å²) in [5, 5.41) is 4.41. The Balaban J connectivity index is 1.79. The van der Waals surface area contributed by atoms with Gasteiger partial charge in [0.05, 0.1) is 6.21 Å². The standard InChI is InChI=1S/C14H12BrClN2O3/c1-9-6-10(2-4-12(9)16)20-8-14(19)18-17-7-11-3-5-13(15)21-11/h2-7H,8H2,1H3,(H,18,19)/b17-7-. The maximum Gasteiger partial charge on any atom is 0.277 e. The van der Waals surface area contributed by atoms with Crippen LogP contribution in [-0.2, 0) is 4.79 Å². The first-order valence-corrected chi connectivity index (χ1v) is 7.18. The summed E-state index contributed by atoms with van der Waals surface area (Å²) in [7, 11) is 0. The van der Waals surface area contributed by atoms with Gasteiger partial charge in [-0.3, -0.25) is 4.79 Å². The predicted molar refractivity (Wildman–Crippen MR) is 83.8 cm³/mol. The Morgan fingerprint density at radius 2 is 2.29 bits per heavy atom. The molecule has 0 radical (unpaired) electrons. The number of carbonyl (C=O) groups is 1. The molecular formula is C14H12BrClN2O3. The number of nitrogens with one attached hydrogen (secondary N) is 1. The third-order valence-electron chi connectivity index (χ3n) is 2.47. The lowest BCUT2D eigenvalue weighted by molar-refractivity contribution is -0.123. The summed E-state index contributed by atoms with van der Waals surface area (Å²) in [6.07, 6.45) is 1.40. The maximum absolute atomic E-state index is 11.5. The molecule has 110 valence electrons. The number of hydrogen-bond donors (Lipinski definition) is 1. The first kappa shape index (κ1) is 15.6. The number of aryl methyl sites for hydroxylation is 1. The second kappa shape index (κ2) is 7.28. The third-order valence-corrected chi connectivity index (χ3v) is 3.32. The number of furan rings is 1. The van der Waals surface area contributed by atoms with Crippen LogP contribution in [0.1, 0.15) is 11.3 Å². The van der Waals surface area contributed by atoms with Gasteiger partial charge >= 0.3 is 0 Å². The van der Waals surface area contributed by atoms with Gasteiger partial charge in [0.2, 0.25) is 0 Å². The van der Waals surface area contributed by atoms with Gasteiger partial charge in [-0.25, -0.2) is 5.43 Å². The van der Waals surface area contributed by atoms with E-state index >= 15 is 0 Å². The predicted octanol–water partition coefficient (Wildman–Crippen LogP) is 3.53. The highest BCUT2D eigenvalue weighted by Gasteiger charge is 2.03. The first-order chi connectivity index (χ1) is 10.0. The molecule has 21 heavy (non-hydrogen) atoms. The first-order valence-electron chi connectivity index (χ1n) is 6.01. The van der Waals surface area contributed by atoms with Crippen LogP contribution in [-0.4, -0.2) is 18.7 Å². The zero-order valence-corrected chi connectivity index (χ0v) is 13.4. The molecule has 5 nitrogen and oxygen atoms in total. The fourth-order valence-electron chi connectivity index (χ4n) is 1.45. The van der Waals surface area contributed by atoms with Crippen molar-refractivity contribution < 1.29 is 13.9 Å². The number of hydrazone groups is 1. The van der Waals surface area contributed by atoms with E-state index in [0.717, 1.165) is 5.56 Å². The van der Waals surface area contributed by atoms with Crippen molar-refractivity contribution >= 4 is 39.7 Å². The number of amides is 1. The van der Waals surface area contributed by atoms with Gasteiger partial charge in [0.15, 0.2) is 11.3 Å². The Bertz CT molecular complexity index is 670. The molecule has 1 heterocycles. The van der Waals surface area contributed by atoms with Crippen molar-refractivity contribution in [3.8, 4) is 5.75 Å². The van der Waals surface area contributed by atoms with Crippen molar-refractivity contribution in [2.45, 2.75) is 6.92 Å². The lowest BCUT2D eigenvalue weighted by Gasteiger charge is -2.06. The van der Waals surface area contributed by atoms with E-state index in [-0.39, 0.29) is 12.5 Å². The summed E-state index contributed by atoms with van der Waals surface area (Å²) in [5.74, 6) is 0.729. The van der Waals surface area contributed by atoms with Gasteiger partial charge in [0.1, 0.15) is 11.5 Å². The molecule has 2 rings (SSSR count). The van der Waals surface area contributed by atoms with Crippen LogP contribution in [0.2, 0.25) is 5.02 Å². The van der Waals surface area contributed by atoms with Crippen LogP contribution in [0.4, 0.5) is 0 Å². The molecule has 0 fully saturated rings. The summed E-state index contributed by atoms with van der Waals surface area (Å²) in [6, 6.07) is 8.63. The molecule has 0 atom stereocenters. The minimum atomic E-state index is -0.371. The number of ether oxygens (including phenoxy) is 1. The second-order valence-electron chi connectivity index (χ2n) is 4.13. The highest BCUT2D eigenvalue weighted by atomic mass is 79.9. The average molecular weight is 372 g/mol. The molecule has 1 N–H and O–H groups in total. The zero-order chi connectivity index (χ0) is 15.2. The average Bonchev–Trinajstić information content (AvgIpc) is 2.86. The minimum absolute atomic E-state index is 0.139. The largest absolute Gasteiger partial charge is 0.484 e. The third kappa shape index (κ3) is 4.91. The van der Waals surface area contributed by atoms with Crippen LogP contribution in [0, 0.1) is 6.92 Å². The Labute approximate surface area is 135 Å². The Morgan fingerprint density at radius 3 is 2.95 bits per heavy atom. The van der Waals surface area contributed by atoms with Crippen molar-refractivity contribution in [3.05, 3.63) is 51.3 Å². The van der Waals surface area contributed by atoms with E-state index in [1.54, 1.807) is 30.3 Å². The van der Waals surface area contributed by atoms with Gasteiger partial charge in [0.25, 0.3) is 5.91 Å². The van der Waals surface area contributed by atoms with Gasteiger partial charge in [-0.2, -0.15) is 5.10 Å². The fraction of sp³-hybridized carbons (Fsp3) is 0.143. The Morgan fingerprint density at radius 1 is 1.48 bits per heavy atom. The van der Waals surface area contributed by atoms with Crippen molar-refractivity contribution in [2.75, 3.05) is 6.61 Å². The molecule has 7 heteroatoms. The molecule has 0 spiro atoms. The number of nitrogens with zero attached hydrogens (tertiary/aromatic N) is 1. The molecule has 0 unspecified atom stereocenters. The van der Waals surface area contributed by atoms with Crippen LogP contribution in [0.3, 0.4) is 0 Å². The van der Waals surface area contributed by atoms with Crippen molar-refractivity contribution in [1.29, 1.82) is 0 Å². The molecule has 0 bridgehead atoms. The number of benzene rings is 1. The fourth-order valence-corrected chi connectivity index (χ4v) is 1.89. The van der Waals surface area contributed by atoms with E-state index in [1.807, 2.05) is 6.92 Å². The van der Waals surface area contributed by atoms with Crippen LogP contribution in [0.15, 0.2) is 44.5 Å². The van der Waals surface area contributed by atoms with Gasteiger partial charge in [-0.15, -0.1) is 0 Å². The quantitative estimate of drug-likeness (QED) is 0.646. The second-order valence-corrected chi connectivity index (χ2v) is 5.32. The molecule has 2 aromatic rings. The van der Waals surface area contributed by atoms with E-state index in [2.05, 4.69) is 26.5 Å². The summed E-state index contributed by atoms with van der Waals surface area (Å²) < 4.78 is 11.1. The minimum Gasteiger partial charge on any atom is -0.484 e. The molecular weight excluding hydrogens is 360 g/mol. The van der Waals surface area contributed by atoms with Crippen molar-refractivity contribution in [2.24, 2.45) is 5.10 Å². The maximum atomic E-state index is 11.5. The topological polar surface area (TPSA) is 63.8 Å². The van der Waals surface area contributed by atoms with Crippen LogP contribution in [0.25, 0.3) is 0 Å².